The lowest BCUT2D eigenvalue weighted by molar-refractivity contribution is 0.00837. The van der Waals surface area contributed by atoms with E-state index in [0.29, 0.717) is 6.42 Å². The van der Waals surface area contributed by atoms with Crippen molar-refractivity contribution in [1.82, 2.24) is 0 Å². The van der Waals surface area contributed by atoms with Crippen molar-refractivity contribution in [2.75, 3.05) is 0 Å². The summed E-state index contributed by atoms with van der Waals surface area (Å²) >= 11 is 0. The maximum absolute atomic E-state index is 9.60. The minimum absolute atomic E-state index is 0.498. The minimum Gasteiger partial charge on any atom is -0.390 e. The van der Waals surface area contributed by atoms with Crippen molar-refractivity contribution in [2.45, 2.75) is 70.5 Å². The highest BCUT2D eigenvalue weighted by Crippen LogP contribution is 2.28. The van der Waals surface area contributed by atoms with Gasteiger partial charge in [-0.2, -0.15) is 0 Å². The number of hydrogen-bond acceptors (Lipinski definition) is 2. The summed E-state index contributed by atoms with van der Waals surface area (Å²) in [5.41, 5.74) is 0. The highest BCUT2D eigenvalue weighted by Gasteiger charge is 2.18. The van der Waals surface area contributed by atoms with Crippen LogP contribution in [-0.4, -0.2) is 22.4 Å². The Morgan fingerprint density at radius 3 is 2.29 bits per heavy atom. The van der Waals surface area contributed by atoms with Crippen molar-refractivity contribution in [1.29, 1.82) is 0 Å². The fourth-order valence-corrected chi connectivity index (χ4v) is 2.35. The lowest BCUT2D eigenvalue weighted by atomic mass is 9.85. The van der Waals surface area contributed by atoms with Gasteiger partial charge in [-0.05, 0) is 25.2 Å². The van der Waals surface area contributed by atoms with Gasteiger partial charge in [-0.3, -0.25) is 0 Å². The van der Waals surface area contributed by atoms with Gasteiger partial charge in [-0.15, -0.1) is 0 Å². The molecule has 0 radical (unpaired) electrons. The zero-order valence-corrected chi connectivity index (χ0v) is 9.28. The van der Waals surface area contributed by atoms with E-state index in [9.17, 15) is 10.2 Å². The Bertz CT molecular complexity index is 139. The lowest BCUT2D eigenvalue weighted by Gasteiger charge is -2.23. The van der Waals surface area contributed by atoms with Crippen LogP contribution < -0.4 is 0 Å². The first kappa shape index (κ1) is 12.0. The van der Waals surface area contributed by atoms with Crippen LogP contribution in [0.5, 0.6) is 0 Å². The molecule has 2 atom stereocenters. The molecular formula is C12H24O2. The van der Waals surface area contributed by atoms with Gasteiger partial charge in [0.2, 0.25) is 0 Å². The van der Waals surface area contributed by atoms with Gasteiger partial charge in [0, 0.05) is 0 Å². The molecule has 0 aliphatic heterocycles. The van der Waals surface area contributed by atoms with Crippen molar-refractivity contribution in [3.63, 3.8) is 0 Å². The van der Waals surface area contributed by atoms with Crippen LogP contribution in [-0.2, 0) is 0 Å². The molecule has 0 bridgehead atoms. The fraction of sp³-hybridized carbons (Fsp3) is 1.00. The van der Waals surface area contributed by atoms with E-state index in [0.717, 1.165) is 18.8 Å². The molecule has 2 nitrogen and oxygen atoms in total. The maximum atomic E-state index is 9.60. The number of hydrogen-bond donors (Lipinski definition) is 2. The van der Waals surface area contributed by atoms with Gasteiger partial charge in [-0.25, -0.2) is 0 Å². The summed E-state index contributed by atoms with van der Waals surface area (Å²) in [5, 5.41) is 19.0. The summed E-state index contributed by atoms with van der Waals surface area (Å²) in [6.45, 7) is 1.91. The monoisotopic (exact) mass is 200 g/mol. The molecule has 0 unspecified atom stereocenters. The third kappa shape index (κ3) is 3.97. The summed E-state index contributed by atoms with van der Waals surface area (Å²) in [5.74, 6) is 0.808. The Morgan fingerprint density at radius 1 is 1.07 bits per heavy atom. The molecule has 0 aromatic heterocycles. The molecule has 0 aromatic rings. The second-order valence-electron chi connectivity index (χ2n) is 4.62. The second-order valence-corrected chi connectivity index (χ2v) is 4.62. The predicted molar refractivity (Wildman–Crippen MR) is 58.1 cm³/mol. The highest BCUT2D eigenvalue weighted by atomic mass is 16.3. The molecule has 1 rings (SSSR count). The first-order valence-corrected chi connectivity index (χ1v) is 6.10. The van der Waals surface area contributed by atoms with Crippen LogP contribution in [0.2, 0.25) is 0 Å². The quantitative estimate of drug-likeness (QED) is 0.715. The Labute approximate surface area is 87.3 Å². The molecule has 2 N–H and O–H groups in total. The van der Waals surface area contributed by atoms with Crippen molar-refractivity contribution in [3.8, 4) is 0 Å². The van der Waals surface area contributed by atoms with Crippen LogP contribution in [0.15, 0.2) is 0 Å². The fourth-order valence-electron chi connectivity index (χ4n) is 2.35. The van der Waals surface area contributed by atoms with Crippen LogP contribution in [0, 0.1) is 5.92 Å². The lowest BCUT2D eigenvalue weighted by Crippen LogP contribution is -2.25. The van der Waals surface area contributed by atoms with Crippen molar-refractivity contribution in [3.05, 3.63) is 0 Å². The molecule has 1 saturated carbocycles. The first-order valence-electron chi connectivity index (χ1n) is 6.10. The summed E-state index contributed by atoms with van der Waals surface area (Å²) < 4.78 is 0. The first-order chi connectivity index (χ1) is 6.74. The topological polar surface area (TPSA) is 40.5 Å². The summed E-state index contributed by atoms with van der Waals surface area (Å²) in [6, 6.07) is 0. The van der Waals surface area contributed by atoms with Crippen LogP contribution in [0.3, 0.4) is 0 Å². The van der Waals surface area contributed by atoms with Gasteiger partial charge in [0.25, 0.3) is 0 Å². The van der Waals surface area contributed by atoms with E-state index in [1.165, 1.54) is 32.1 Å². The molecular weight excluding hydrogens is 176 g/mol. The van der Waals surface area contributed by atoms with Crippen molar-refractivity contribution in [2.24, 2.45) is 5.92 Å². The summed E-state index contributed by atoms with van der Waals surface area (Å²) in [4.78, 5) is 0. The normalized spacial score (nSPS) is 23.4. The molecule has 0 spiro atoms. The average Bonchev–Trinajstić information content (AvgIpc) is 2.26. The van der Waals surface area contributed by atoms with Gasteiger partial charge in [0.1, 0.15) is 0 Å². The minimum atomic E-state index is -0.515. The predicted octanol–water partition coefficient (Wildman–Crippen LogP) is 2.48. The highest BCUT2D eigenvalue weighted by molar-refractivity contribution is 4.71. The molecule has 1 aliphatic carbocycles. The van der Waals surface area contributed by atoms with E-state index in [2.05, 4.69) is 0 Å². The summed E-state index contributed by atoms with van der Waals surface area (Å²) in [6.07, 6.45) is 8.28. The number of aliphatic hydroxyl groups is 2. The molecule has 14 heavy (non-hydrogen) atoms. The van der Waals surface area contributed by atoms with E-state index in [1.54, 1.807) is 0 Å². The number of aliphatic hydroxyl groups excluding tert-OH is 2. The van der Waals surface area contributed by atoms with Crippen molar-refractivity contribution < 1.29 is 10.2 Å². The third-order valence-corrected chi connectivity index (χ3v) is 3.46. The second kappa shape index (κ2) is 6.41. The molecule has 0 amide bonds. The molecule has 1 aliphatic rings. The van der Waals surface area contributed by atoms with Gasteiger partial charge in [0.05, 0.1) is 12.2 Å². The molecule has 0 heterocycles. The van der Waals surface area contributed by atoms with Gasteiger partial charge >= 0.3 is 0 Å². The van der Waals surface area contributed by atoms with E-state index in [4.69, 9.17) is 0 Å². The molecule has 0 saturated heterocycles. The zero-order valence-electron chi connectivity index (χ0n) is 9.28. The average molecular weight is 200 g/mol. The number of rotatable bonds is 5. The van der Waals surface area contributed by atoms with Crippen molar-refractivity contribution >= 4 is 0 Å². The summed E-state index contributed by atoms with van der Waals surface area (Å²) in [7, 11) is 0. The van der Waals surface area contributed by atoms with Gasteiger partial charge in [0.15, 0.2) is 0 Å². The van der Waals surface area contributed by atoms with Crippen LogP contribution >= 0.6 is 0 Å². The van der Waals surface area contributed by atoms with Gasteiger partial charge in [-0.1, -0.05) is 39.0 Å². The standard InChI is InChI=1S/C12H24O2/c1-2-11(13)12(14)9-8-10-6-4-3-5-7-10/h10-14H,2-9H2,1H3/t11-,12+/m0/s1. The van der Waals surface area contributed by atoms with Crippen LogP contribution in [0.4, 0.5) is 0 Å². The van der Waals surface area contributed by atoms with E-state index in [-0.39, 0.29) is 0 Å². The Morgan fingerprint density at radius 2 is 1.71 bits per heavy atom. The van der Waals surface area contributed by atoms with Crippen LogP contribution in [0.1, 0.15) is 58.3 Å². The Balaban J connectivity index is 2.12. The largest absolute Gasteiger partial charge is 0.390 e. The molecule has 0 aromatic carbocycles. The molecule has 1 fully saturated rings. The van der Waals surface area contributed by atoms with E-state index < -0.39 is 12.2 Å². The zero-order chi connectivity index (χ0) is 10.4. The van der Waals surface area contributed by atoms with Gasteiger partial charge < -0.3 is 10.2 Å². The van der Waals surface area contributed by atoms with Crippen LogP contribution in [0.25, 0.3) is 0 Å². The SMILES string of the molecule is CC[C@H](O)[C@H](O)CCC1CCCCC1. The third-order valence-electron chi connectivity index (χ3n) is 3.46. The Kier molecular flexibility index (Phi) is 5.49. The van der Waals surface area contributed by atoms with E-state index >= 15 is 0 Å². The van der Waals surface area contributed by atoms with E-state index in [1.807, 2.05) is 6.92 Å². The smallest absolute Gasteiger partial charge is 0.0799 e. The maximum Gasteiger partial charge on any atom is 0.0799 e. The molecule has 84 valence electrons. The molecule has 2 heteroatoms. The Hall–Kier alpha value is -0.0800.